The topological polar surface area (TPSA) is 64.6 Å². The van der Waals surface area contributed by atoms with Gasteiger partial charge in [0.2, 0.25) is 11.8 Å². The third-order valence-corrected chi connectivity index (χ3v) is 4.87. The Hall–Kier alpha value is -3.15. The zero-order valence-electron chi connectivity index (χ0n) is 16.1. The Balaban J connectivity index is 1.32. The number of amides is 1. The third-order valence-electron chi connectivity index (χ3n) is 4.87. The maximum absolute atomic E-state index is 12.5. The summed E-state index contributed by atoms with van der Waals surface area (Å²) >= 11 is 0. The zero-order chi connectivity index (χ0) is 19.5. The predicted molar refractivity (Wildman–Crippen MR) is 107 cm³/mol. The van der Waals surface area contributed by atoms with Gasteiger partial charge < -0.3 is 14.4 Å². The van der Waals surface area contributed by atoms with Gasteiger partial charge in [0.25, 0.3) is 0 Å². The molecule has 144 valence electrons. The van der Waals surface area contributed by atoms with Gasteiger partial charge in [-0.1, -0.05) is 24.3 Å². The summed E-state index contributed by atoms with van der Waals surface area (Å²) in [4.78, 5) is 23.4. The lowest BCUT2D eigenvalue weighted by molar-refractivity contribution is -0.139. The maximum atomic E-state index is 12.5. The normalized spacial score (nSPS) is 14.0. The minimum absolute atomic E-state index is 0.0562. The van der Waals surface area contributed by atoms with Gasteiger partial charge in [0.05, 0.1) is 31.2 Å². The van der Waals surface area contributed by atoms with E-state index in [2.05, 4.69) is 9.97 Å². The van der Waals surface area contributed by atoms with Crippen LogP contribution in [0.5, 0.6) is 11.6 Å². The number of ether oxygens (including phenoxy) is 2. The summed E-state index contributed by atoms with van der Waals surface area (Å²) < 4.78 is 11.3. The molecule has 1 aromatic heterocycles. The van der Waals surface area contributed by atoms with Crippen LogP contribution in [0.3, 0.4) is 0 Å². The lowest BCUT2D eigenvalue weighted by Gasteiger charge is -2.39. The second kappa shape index (κ2) is 7.84. The fourth-order valence-electron chi connectivity index (χ4n) is 3.33. The number of hydrogen-bond donors (Lipinski definition) is 0. The van der Waals surface area contributed by atoms with Gasteiger partial charge in [0.15, 0.2) is 0 Å². The van der Waals surface area contributed by atoms with Crippen LogP contribution in [0.1, 0.15) is 17.7 Å². The number of carbonyl (C=O) groups is 1. The number of methoxy groups -OCH3 is 1. The van der Waals surface area contributed by atoms with Crippen LogP contribution in [0.2, 0.25) is 0 Å². The highest BCUT2D eigenvalue weighted by Crippen LogP contribution is 2.22. The number of carbonyl (C=O) groups excluding carboxylic acids is 1. The fraction of sp³-hybridized carbons (Fsp3) is 0.318. The SMILES string of the molecule is COc1nc2ccccc2nc1CCC(=O)N1CC(Oc2cccc(C)c2)C1. The van der Waals surface area contributed by atoms with E-state index in [0.717, 1.165) is 22.3 Å². The molecule has 0 N–H and O–H groups in total. The Morgan fingerprint density at radius 1 is 1.11 bits per heavy atom. The molecule has 1 fully saturated rings. The van der Waals surface area contributed by atoms with Crippen molar-refractivity contribution < 1.29 is 14.3 Å². The molecular weight excluding hydrogens is 354 g/mol. The molecule has 28 heavy (non-hydrogen) atoms. The van der Waals surface area contributed by atoms with E-state index in [4.69, 9.17) is 9.47 Å². The van der Waals surface area contributed by atoms with Crippen molar-refractivity contribution in [2.75, 3.05) is 20.2 Å². The van der Waals surface area contributed by atoms with E-state index in [1.54, 1.807) is 7.11 Å². The standard InChI is InChI=1S/C22H23N3O3/c1-15-6-5-7-16(12-15)28-17-13-25(14-17)21(26)11-10-20-22(27-2)24-19-9-4-3-8-18(19)23-20/h3-9,12,17H,10-11,13-14H2,1-2H3. The van der Waals surface area contributed by atoms with Crippen LogP contribution >= 0.6 is 0 Å². The number of fused-ring (bicyclic) bond motifs is 1. The molecule has 2 aromatic carbocycles. The summed E-state index contributed by atoms with van der Waals surface area (Å²) in [6.45, 7) is 3.27. The van der Waals surface area contributed by atoms with Crippen molar-refractivity contribution in [3.63, 3.8) is 0 Å². The van der Waals surface area contributed by atoms with Gasteiger partial charge in [0, 0.05) is 12.8 Å². The minimum atomic E-state index is 0.0562. The lowest BCUT2D eigenvalue weighted by Crippen LogP contribution is -2.56. The fourth-order valence-corrected chi connectivity index (χ4v) is 3.33. The van der Waals surface area contributed by atoms with E-state index in [0.29, 0.717) is 37.5 Å². The second-order valence-electron chi connectivity index (χ2n) is 7.02. The number of para-hydroxylation sites is 2. The average molecular weight is 377 g/mol. The van der Waals surface area contributed by atoms with Crippen LogP contribution in [0.4, 0.5) is 0 Å². The molecule has 3 aromatic rings. The first-order valence-electron chi connectivity index (χ1n) is 9.43. The molecule has 0 bridgehead atoms. The maximum Gasteiger partial charge on any atom is 0.235 e. The number of nitrogens with zero attached hydrogens (tertiary/aromatic N) is 3. The first-order valence-corrected chi connectivity index (χ1v) is 9.43. The molecule has 0 aliphatic carbocycles. The van der Waals surface area contributed by atoms with Crippen LogP contribution in [0.15, 0.2) is 48.5 Å². The number of aryl methyl sites for hydroxylation is 2. The van der Waals surface area contributed by atoms with Crippen molar-refractivity contribution in [3.05, 3.63) is 59.8 Å². The monoisotopic (exact) mass is 377 g/mol. The average Bonchev–Trinajstić information content (AvgIpc) is 2.67. The van der Waals surface area contributed by atoms with E-state index in [9.17, 15) is 4.79 Å². The quantitative estimate of drug-likeness (QED) is 0.660. The van der Waals surface area contributed by atoms with Crippen molar-refractivity contribution in [1.29, 1.82) is 0 Å². The Morgan fingerprint density at radius 3 is 2.57 bits per heavy atom. The predicted octanol–water partition coefficient (Wildman–Crippen LogP) is 3.17. The van der Waals surface area contributed by atoms with Crippen molar-refractivity contribution in [2.45, 2.75) is 25.9 Å². The minimum Gasteiger partial charge on any atom is -0.487 e. The summed E-state index contributed by atoms with van der Waals surface area (Å²) in [5.74, 6) is 1.44. The first-order chi connectivity index (χ1) is 13.6. The van der Waals surface area contributed by atoms with Crippen molar-refractivity contribution >= 4 is 16.9 Å². The molecule has 0 unspecified atom stereocenters. The molecule has 0 atom stereocenters. The molecule has 1 aliphatic heterocycles. The van der Waals surface area contributed by atoms with Gasteiger partial charge in [-0.3, -0.25) is 4.79 Å². The van der Waals surface area contributed by atoms with E-state index in [-0.39, 0.29) is 12.0 Å². The van der Waals surface area contributed by atoms with Crippen molar-refractivity contribution in [2.24, 2.45) is 0 Å². The van der Waals surface area contributed by atoms with E-state index >= 15 is 0 Å². The Labute approximate surface area is 164 Å². The first kappa shape index (κ1) is 18.2. The number of aromatic nitrogens is 2. The van der Waals surface area contributed by atoms with Crippen LogP contribution < -0.4 is 9.47 Å². The Bertz CT molecular complexity index is 999. The highest BCUT2D eigenvalue weighted by Gasteiger charge is 2.32. The molecule has 6 nitrogen and oxygen atoms in total. The number of likely N-dealkylation sites (tertiary alicyclic amines) is 1. The molecular formula is C22H23N3O3. The molecule has 4 rings (SSSR count). The second-order valence-corrected chi connectivity index (χ2v) is 7.02. The molecule has 0 saturated carbocycles. The smallest absolute Gasteiger partial charge is 0.235 e. The molecule has 1 aliphatic rings. The van der Waals surface area contributed by atoms with Crippen LogP contribution in [0.25, 0.3) is 11.0 Å². The van der Waals surface area contributed by atoms with Gasteiger partial charge in [0.1, 0.15) is 17.5 Å². The van der Waals surface area contributed by atoms with Crippen LogP contribution in [-0.2, 0) is 11.2 Å². The van der Waals surface area contributed by atoms with Crippen LogP contribution in [-0.4, -0.2) is 47.1 Å². The lowest BCUT2D eigenvalue weighted by atomic mass is 10.1. The molecule has 1 amide bonds. The summed E-state index contributed by atoms with van der Waals surface area (Å²) in [6.07, 6.45) is 0.932. The highest BCUT2D eigenvalue weighted by molar-refractivity contribution is 5.78. The van der Waals surface area contributed by atoms with Gasteiger partial charge in [-0.2, -0.15) is 0 Å². The largest absolute Gasteiger partial charge is 0.487 e. The Kier molecular flexibility index (Phi) is 5.10. The van der Waals surface area contributed by atoms with E-state index in [1.165, 1.54) is 0 Å². The molecule has 6 heteroatoms. The summed E-state index contributed by atoms with van der Waals surface area (Å²) in [6, 6.07) is 15.6. The summed E-state index contributed by atoms with van der Waals surface area (Å²) in [5.41, 5.74) is 3.47. The molecule has 1 saturated heterocycles. The van der Waals surface area contributed by atoms with Gasteiger partial charge in [-0.25, -0.2) is 9.97 Å². The molecule has 2 heterocycles. The van der Waals surface area contributed by atoms with Crippen molar-refractivity contribution in [1.82, 2.24) is 14.9 Å². The van der Waals surface area contributed by atoms with Crippen molar-refractivity contribution in [3.8, 4) is 11.6 Å². The van der Waals surface area contributed by atoms with Gasteiger partial charge in [-0.15, -0.1) is 0 Å². The molecule has 0 radical (unpaired) electrons. The third kappa shape index (κ3) is 3.91. The Morgan fingerprint density at radius 2 is 1.86 bits per heavy atom. The highest BCUT2D eigenvalue weighted by atomic mass is 16.5. The number of benzene rings is 2. The molecule has 0 spiro atoms. The van der Waals surface area contributed by atoms with Gasteiger partial charge in [-0.05, 0) is 36.8 Å². The number of rotatable bonds is 6. The van der Waals surface area contributed by atoms with E-state index in [1.807, 2.05) is 60.4 Å². The summed E-state index contributed by atoms with van der Waals surface area (Å²) in [5, 5.41) is 0. The zero-order valence-corrected chi connectivity index (χ0v) is 16.1. The van der Waals surface area contributed by atoms with Crippen LogP contribution in [0, 0.1) is 6.92 Å². The van der Waals surface area contributed by atoms with Gasteiger partial charge >= 0.3 is 0 Å². The van der Waals surface area contributed by atoms with E-state index < -0.39 is 0 Å². The number of hydrogen-bond acceptors (Lipinski definition) is 5. The summed E-state index contributed by atoms with van der Waals surface area (Å²) in [7, 11) is 1.58.